The van der Waals surface area contributed by atoms with Crippen LogP contribution in [0.2, 0.25) is 5.02 Å². The Morgan fingerprint density at radius 2 is 2.22 bits per heavy atom. The maximum atomic E-state index is 6.11. The average Bonchev–Trinajstić information content (AvgIpc) is 2.81. The van der Waals surface area contributed by atoms with E-state index in [1.807, 2.05) is 12.1 Å². The molecule has 4 nitrogen and oxygen atoms in total. The summed E-state index contributed by atoms with van der Waals surface area (Å²) in [5, 5.41) is 5.42. The largest absolute Gasteiger partial charge is 0.495 e. The Kier molecular flexibility index (Phi) is 2.64. The fourth-order valence-electron chi connectivity index (χ4n) is 1.81. The van der Waals surface area contributed by atoms with Crippen LogP contribution in [0.15, 0.2) is 41.2 Å². The van der Waals surface area contributed by atoms with Gasteiger partial charge in [-0.2, -0.15) is 0 Å². The van der Waals surface area contributed by atoms with Crippen molar-refractivity contribution < 1.29 is 9.26 Å². The molecule has 0 aliphatic carbocycles. The molecule has 5 heteroatoms. The van der Waals surface area contributed by atoms with Gasteiger partial charge < -0.3 is 9.26 Å². The zero-order valence-electron chi connectivity index (χ0n) is 9.55. The Bertz CT molecular complexity index is 695. The highest BCUT2D eigenvalue weighted by Gasteiger charge is 2.13. The predicted molar refractivity (Wildman–Crippen MR) is 68.8 cm³/mol. The Morgan fingerprint density at radius 1 is 1.33 bits per heavy atom. The van der Waals surface area contributed by atoms with Crippen LogP contribution >= 0.6 is 11.6 Å². The summed E-state index contributed by atoms with van der Waals surface area (Å²) in [6.45, 7) is 0. The van der Waals surface area contributed by atoms with E-state index in [-0.39, 0.29) is 0 Å². The van der Waals surface area contributed by atoms with E-state index in [2.05, 4.69) is 10.1 Å². The molecule has 0 fully saturated rings. The molecule has 3 aromatic rings. The predicted octanol–water partition coefficient (Wildman–Crippen LogP) is 3.55. The first-order valence-electron chi connectivity index (χ1n) is 5.33. The molecule has 0 atom stereocenters. The van der Waals surface area contributed by atoms with Gasteiger partial charge in [-0.05, 0) is 18.2 Å². The number of benzene rings is 1. The summed E-state index contributed by atoms with van der Waals surface area (Å²) in [4.78, 5) is 4.06. The standard InChI is InChI=1S/C13H9ClN2O2/c1-17-12-6-11-9(5-10(12)14)13(16-18-11)8-3-2-4-15-7-8/h2-7H,1H3. The van der Waals surface area contributed by atoms with E-state index >= 15 is 0 Å². The van der Waals surface area contributed by atoms with Crippen molar-refractivity contribution in [3.8, 4) is 17.0 Å². The van der Waals surface area contributed by atoms with Crippen LogP contribution in [-0.2, 0) is 0 Å². The van der Waals surface area contributed by atoms with Gasteiger partial charge in [0.2, 0.25) is 0 Å². The highest BCUT2D eigenvalue weighted by molar-refractivity contribution is 6.33. The van der Waals surface area contributed by atoms with Crippen molar-refractivity contribution in [2.24, 2.45) is 0 Å². The minimum Gasteiger partial charge on any atom is -0.495 e. The van der Waals surface area contributed by atoms with Crippen molar-refractivity contribution in [2.45, 2.75) is 0 Å². The van der Waals surface area contributed by atoms with E-state index in [0.29, 0.717) is 16.4 Å². The van der Waals surface area contributed by atoms with Crippen LogP contribution in [-0.4, -0.2) is 17.3 Å². The first-order valence-corrected chi connectivity index (χ1v) is 5.70. The van der Waals surface area contributed by atoms with E-state index in [0.717, 1.165) is 16.6 Å². The summed E-state index contributed by atoms with van der Waals surface area (Å²) in [6, 6.07) is 7.28. The van der Waals surface area contributed by atoms with E-state index in [1.165, 1.54) is 0 Å². The van der Waals surface area contributed by atoms with Gasteiger partial charge in [0, 0.05) is 24.0 Å². The number of nitrogens with zero attached hydrogens (tertiary/aromatic N) is 2. The van der Waals surface area contributed by atoms with Crippen LogP contribution < -0.4 is 4.74 Å². The van der Waals surface area contributed by atoms with Gasteiger partial charge in [-0.15, -0.1) is 0 Å². The van der Waals surface area contributed by atoms with Crippen LogP contribution in [0, 0.1) is 0 Å². The molecular weight excluding hydrogens is 252 g/mol. The number of hydrogen-bond acceptors (Lipinski definition) is 4. The van der Waals surface area contributed by atoms with Crippen molar-refractivity contribution >= 4 is 22.6 Å². The van der Waals surface area contributed by atoms with Crippen LogP contribution in [0.1, 0.15) is 0 Å². The summed E-state index contributed by atoms with van der Waals surface area (Å²) in [5.74, 6) is 0.568. The van der Waals surface area contributed by atoms with E-state index in [9.17, 15) is 0 Å². The highest BCUT2D eigenvalue weighted by Crippen LogP contribution is 2.34. The van der Waals surface area contributed by atoms with Crippen molar-refractivity contribution in [2.75, 3.05) is 7.11 Å². The normalized spacial score (nSPS) is 10.8. The summed E-state index contributed by atoms with van der Waals surface area (Å²) in [7, 11) is 1.56. The number of hydrogen-bond donors (Lipinski definition) is 0. The maximum Gasteiger partial charge on any atom is 0.171 e. The molecule has 90 valence electrons. The zero-order chi connectivity index (χ0) is 12.5. The van der Waals surface area contributed by atoms with Gasteiger partial charge in [-0.25, -0.2) is 0 Å². The van der Waals surface area contributed by atoms with E-state index < -0.39 is 0 Å². The second-order valence-electron chi connectivity index (χ2n) is 3.76. The first kappa shape index (κ1) is 11.0. The second kappa shape index (κ2) is 4.31. The third-order valence-electron chi connectivity index (χ3n) is 2.68. The lowest BCUT2D eigenvalue weighted by Crippen LogP contribution is -1.84. The Morgan fingerprint density at radius 3 is 2.94 bits per heavy atom. The molecule has 2 aromatic heterocycles. The van der Waals surface area contributed by atoms with Crippen LogP contribution in [0.3, 0.4) is 0 Å². The number of aromatic nitrogens is 2. The van der Waals surface area contributed by atoms with Crippen LogP contribution in [0.4, 0.5) is 0 Å². The maximum absolute atomic E-state index is 6.11. The quantitative estimate of drug-likeness (QED) is 0.707. The molecule has 0 saturated carbocycles. The molecule has 0 saturated heterocycles. The summed E-state index contributed by atoms with van der Waals surface area (Å²) >= 11 is 6.11. The van der Waals surface area contributed by atoms with Crippen molar-refractivity contribution in [1.29, 1.82) is 0 Å². The monoisotopic (exact) mass is 260 g/mol. The fraction of sp³-hybridized carbons (Fsp3) is 0.0769. The minimum atomic E-state index is 0.526. The number of methoxy groups -OCH3 is 1. The number of fused-ring (bicyclic) bond motifs is 1. The molecule has 0 aliphatic rings. The molecule has 0 spiro atoms. The topological polar surface area (TPSA) is 48.2 Å². The lowest BCUT2D eigenvalue weighted by molar-refractivity contribution is 0.412. The summed E-state index contributed by atoms with van der Waals surface area (Å²) in [5.41, 5.74) is 2.25. The van der Waals surface area contributed by atoms with Gasteiger partial charge in [-0.3, -0.25) is 4.98 Å². The number of rotatable bonds is 2. The Hall–Kier alpha value is -2.07. The van der Waals surface area contributed by atoms with Gasteiger partial charge in [0.25, 0.3) is 0 Å². The first-order chi connectivity index (χ1) is 8.79. The highest BCUT2D eigenvalue weighted by atomic mass is 35.5. The van der Waals surface area contributed by atoms with Crippen molar-refractivity contribution in [1.82, 2.24) is 10.1 Å². The third-order valence-corrected chi connectivity index (χ3v) is 2.97. The van der Waals surface area contributed by atoms with Crippen LogP contribution in [0.25, 0.3) is 22.2 Å². The fourth-order valence-corrected chi connectivity index (χ4v) is 2.05. The van der Waals surface area contributed by atoms with Gasteiger partial charge >= 0.3 is 0 Å². The molecule has 0 aliphatic heterocycles. The molecule has 18 heavy (non-hydrogen) atoms. The van der Waals surface area contributed by atoms with Gasteiger partial charge in [0.15, 0.2) is 5.58 Å². The van der Waals surface area contributed by atoms with Gasteiger partial charge in [-0.1, -0.05) is 16.8 Å². The molecular formula is C13H9ClN2O2. The lowest BCUT2D eigenvalue weighted by atomic mass is 10.1. The molecule has 0 unspecified atom stereocenters. The minimum absolute atomic E-state index is 0.526. The van der Waals surface area contributed by atoms with Crippen molar-refractivity contribution in [3.05, 3.63) is 41.7 Å². The summed E-state index contributed by atoms with van der Waals surface area (Å²) in [6.07, 6.45) is 3.44. The molecule has 0 radical (unpaired) electrons. The van der Waals surface area contributed by atoms with E-state index in [1.54, 1.807) is 31.6 Å². The summed E-state index contributed by atoms with van der Waals surface area (Å²) < 4.78 is 10.4. The zero-order valence-corrected chi connectivity index (χ0v) is 10.3. The van der Waals surface area contributed by atoms with Gasteiger partial charge in [0.1, 0.15) is 11.4 Å². The second-order valence-corrected chi connectivity index (χ2v) is 4.16. The average molecular weight is 261 g/mol. The molecule has 0 bridgehead atoms. The SMILES string of the molecule is COc1cc2onc(-c3cccnc3)c2cc1Cl. The lowest BCUT2D eigenvalue weighted by Gasteiger charge is -2.01. The Labute approximate surface area is 108 Å². The molecule has 0 amide bonds. The number of pyridine rings is 1. The number of ether oxygens (including phenoxy) is 1. The van der Waals surface area contributed by atoms with Gasteiger partial charge in [0.05, 0.1) is 17.5 Å². The van der Waals surface area contributed by atoms with Crippen molar-refractivity contribution in [3.63, 3.8) is 0 Å². The van der Waals surface area contributed by atoms with E-state index in [4.69, 9.17) is 20.9 Å². The number of halogens is 1. The molecule has 1 aromatic carbocycles. The molecule has 0 N–H and O–H groups in total. The molecule has 3 rings (SSSR count). The third kappa shape index (κ3) is 1.71. The Balaban J connectivity index is 2.24. The smallest absolute Gasteiger partial charge is 0.171 e. The van der Waals surface area contributed by atoms with Crippen LogP contribution in [0.5, 0.6) is 5.75 Å². The molecule has 2 heterocycles.